The quantitative estimate of drug-likeness (QED) is 0.180. The first-order valence-corrected chi connectivity index (χ1v) is 14.4. The van der Waals surface area contributed by atoms with Crippen molar-refractivity contribution in [1.29, 1.82) is 0 Å². The van der Waals surface area contributed by atoms with Gasteiger partial charge in [0.25, 0.3) is 0 Å². The van der Waals surface area contributed by atoms with Crippen molar-refractivity contribution in [1.82, 2.24) is 0 Å². The van der Waals surface area contributed by atoms with Gasteiger partial charge >= 0.3 is 10.2 Å². The van der Waals surface area contributed by atoms with E-state index in [-0.39, 0.29) is 16.9 Å². The third-order valence-electron chi connectivity index (χ3n) is 7.88. The largest absolute Gasteiger partial charge is 0.618 e. The highest BCUT2D eigenvalue weighted by Crippen LogP contribution is 3.02. The summed E-state index contributed by atoms with van der Waals surface area (Å²) in [5, 5.41) is 22.9. The summed E-state index contributed by atoms with van der Waals surface area (Å²) in [5.41, 5.74) is 2.10. The van der Waals surface area contributed by atoms with Crippen molar-refractivity contribution in [2.24, 2.45) is 5.41 Å². The molecule has 1 spiro atoms. The summed E-state index contributed by atoms with van der Waals surface area (Å²) in [4.78, 5) is -1.97. The van der Waals surface area contributed by atoms with Gasteiger partial charge in [0, 0.05) is 50.4 Å². The van der Waals surface area contributed by atoms with Gasteiger partial charge in [-0.3, -0.25) is 0 Å². The van der Waals surface area contributed by atoms with Crippen LogP contribution in [-0.2, 0) is 21.5 Å². The maximum Gasteiger partial charge on any atom is 0.310 e. The topological polar surface area (TPSA) is 68.3 Å². The first-order chi connectivity index (χ1) is 16.8. The van der Waals surface area contributed by atoms with Crippen LogP contribution in [0.25, 0.3) is 0 Å². The minimum Gasteiger partial charge on any atom is -0.618 e. The van der Waals surface area contributed by atoms with E-state index in [1.165, 1.54) is 0 Å². The third kappa shape index (κ3) is 4.41. The molecule has 0 saturated carbocycles. The van der Waals surface area contributed by atoms with E-state index in [4.69, 9.17) is 14.6 Å². The number of nitrogens with zero attached hydrogens (tertiary/aromatic N) is 1. The zero-order valence-corrected chi connectivity index (χ0v) is 22.1. The Morgan fingerprint density at radius 2 is 1.62 bits per heavy atom. The number of benzene rings is 1. The van der Waals surface area contributed by atoms with E-state index in [0.29, 0.717) is 73.5 Å². The molecule has 3 heterocycles. The van der Waals surface area contributed by atoms with Crippen LogP contribution in [-0.4, -0.2) is 18.3 Å². The van der Waals surface area contributed by atoms with Gasteiger partial charge < -0.3 is 19.8 Å². The fraction of sp³-hybridized carbons (Fsp3) is 0.577. The average Bonchev–Trinajstić information content (AvgIpc) is 3.06. The SMILES string of the molecule is CC(C)c1c2c(c3c([n+]1[O-])CC(C)(C)C[C@@H]3[OH2+])C1(CCOCC1)O[C@@H]2c1ccc(S(F)(F)(F)(F)F)cc1. The Hall–Kier alpha value is -1.95. The number of hydrogen-bond donors (Lipinski definition) is 0. The van der Waals surface area contributed by atoms with Crippen LogP contribution in [0.3, 0.4) is 0 Å². The van der Waals surface area contributed by atoms with E-state index in [1.54, 1.807) is 0 Å². The minimum atomic E-state index is -9.84. The van der Waals surface area contributed by atoms with E-state index in [2.05, 4.69) is 0 Å². The van der Waals surface area contributed by atoms with E-state index in [1.807, 2.05) is 27.7 Å². The molecule has 1 aliphatic carbocycles. The molecule has 2 N–H and O–H groups in total. The van der Waals surface area contributed by atoms with Crippen LogP contribution in [0.4, 0.5) is 19.4 Å². The van der Waals surface area contributed by atoms with Gasteiger partial charge in [0.2, 0.25) is 11.4 Å². The lowest BCUT2D eigenvalue weighted by Crippen LogP contribution is -2.46. The molecule has 0 unspecified atom stereocenters. The van der Waals surface area contributed by atoms with Gasteiger partial charge in [-0.2, -0.15) is 4.73 Å². The van der Waals surface area contributed by atoms with Crippen LogP contribution in [0.1, 0.15) is 98.7 Å². The first-order valence-electron chi connectivity index (χ1n) is 12.5. The van der Waals surface area contributed by atoms with Crippen molar-refractivity contribution in [2.75, 3.05) is 13.2 Å². The summed E-state index contributed by atoms with van der Waals surface area (Å²) in [6.07, 6.45) is 0.358. The lowest BCUT2D eigenvalue weighted by molar-refractivity contribution is -0.626. The Kier molecular flexibility index (Phi) is 5.46. The fourth-order valence-corrected chi connectivity index (χ4v) is 7.00. The van der Waals surface area contributed by atoms with Crippen LogP contribution in [0.2, 0.25) is 0 Å². The van der Waals surface area contributed by atoms with Crippen LogP contribution < -0.4 is 4.73 Å². The molecular weight excluding hydrogens is 517 g/mol. The molecule has 5 rings (SSSR count). The number of hydrogen-bond acceptors (Lipinski definition) is 3. The lowest BCUT2D eigenvalue weighted by atomic mass is 9.69. The number of pyridine rings is 1. The Morgan fingerprint density at radius 1 is 1.03 bits per heavy atom. The summed E-state index contributed by atoms with van der Waals surface area (Å²) in [7, 11) is -9.84. The van der Waals surface area contributed by atoms with Crippen molar-refractivity contribution in [3.05, 3.63) is 63.1 Å². The second kappa shape index (κ2) is 7.58. The van der Waals surface area contributed by atoms with Crippen LogP contribution in [0.5, 0.6) is 0 Å². The second-order valence-corrected chi connectivity index (χ2v) is 14.1. The van der Waals surface area contributed by atoms with E-state index in [9.17, 15) is 24.6 Å². The fourth-order valence-electron chi connectivity index (χ4n) is 6.35. The number of halogens is 5. The van der Waals surface area contributed by atoms with Gasteiger partial charge in [-0.25, -0.2) is 0 Å². The number of aromatic nitrogens is 1. The molecule has 1 fully saturated rings. The smallest absolute Gasteiger partial charge is 0.310 e. The second-order valence-electron chi connectivity index (χ2n) is 11.7. The summed E-state index contributed by atoms with van der Waals surface area (Å²) < 4.78 is 80.1. The molecule has 5 nitrogen and oxygen atoms in total. The molecule has 2 atom stereocenters. The van der Waals surface area contributed by atoms with Crippen LogP contribution in [0.15, 0.2) is 29.2 Å². The maximum absolute atomic E-state index is 13.9. The molecule has 3 aliphatic rings. The predicted molar refractivity (Wildman–Crippen MR) is 130 cm³/mol. The van der Waals surface area contributed by atoms with Gasteiger partial charge in [-0.15, -0.1) is 0 Å². The Morgan fingerprint density at radius 3 is 2.16 bits per heavy atom. The van der Waals surface area contributed by atoms with E-state index >= 15 is 0 Å². The summed E-state index contributed by atoms with van der Waals surface area (Å²) in [6, 6.07) is 2.81. The molecule has 0 radical (unpaired) electrons. The van der Waals surface area contributed by atoms with Crippen molar-refractivity contribution < 1.29 is 38.7 Å². The molecular formula is C26H33F5NO4S+. The third-order valence-corrected chi connectivity index (χ3v) is 9.04. The van der Waals surface area contributed by atoms with Gasteiger partial charge in [0.05, 0.1) is 5.56 Å². The number of rotatable bonds is 3. The van der Waals surface area contributed by atoms with Gasteiger partial charge in [0.1, 0.15) is 22.2 Å². The molecule has 11 heteroatoms. The summed E-state index contributed by atoms with van der Waals surface area (Å²) in [5.74, 6) is -0.254. The maximum atomic E-state index is 13.9. The van der Waals surface area contributed by atoms with Crippen LogP contribution in [0, 0.1) is 10.6 Å². The van der Waals surface area contributed by atoms with Crippen molar-refractivity contribution >= 4 is 10.2 Å². The minimum absolute atomic E-state index is 0.253. The molecule has 2 aliphatic heterocycles. The molecule has 37 heavy (non-hydrogen) atoms. The molecule has 0 bridgehead atoms. The van der Waals surface area contributed by atoms with Crippen molar-refractivity contribution in [3.63, 3.8) is 0 Å². The molecule has 1 aromatic heterocycles. The zero-order chi connectivity index (χ0) is 27.2. The predicted octanol–water partition coefficient (Wildman–Crippen LogP) is 6.96. The highest BCUT2D eigenvalue weighted by atomic mass is 32.5. The molecule has 1 saturated heterocycles. The lowest BCUT2D eigenvalue weighted by Gasteiger charge is -2.40. The zero-order valence-electron chi connectivity index (χ0n) is 21.3. The van der Waals surface area contributed by atoms with Crippen molar-refractivity contribution in [2.45, 2.75) is 82.0 Å². The van der Waals surface area contributed by atoms with Gasteiger partial charge in [-0.1, -0.05) is 59.3 Å². The van der Waals surface area contributed by atoms with Crippen LogP contribution >= 0.6 is 10.2 Å². The Labute approximate surface area is 212 Å². The molecule has 1 aromatic carbocycles. The average molecular weight is 551 g/mol. The van der Waals surface area contributed by atoms with E-state index in [0.717, 1.165) is 22.4 Å². The summed E-state index contributed by atoms with van der Waals surface area (Å²) in [6.45, 7) is 8.58. The summed E-state index contributed by atoms with van der Waals surface area (Å²) >= 11 is 0. The number of ether oxygens (including phenoxy) is 2. The Bertz CT molecular complexity index is 1260. The first kappa shape index (κ1) is 26.6. The highest BCUT2D eigenvalue weighted by Gasteiger charge is 2.65. The van der Waals surface area contributed by atoms with E-state index < -0.39 is 32.9 Å². The van der Waals surface area contributed by atoms with Gasteiger partial charge in [-0.05, 0) is 23.1 Å². The Balaban J connectivity index is 1.78. The molecule has 0 amide bonds. The highest BCUT2D eigenvalue weighted by molar-refractivity contribution is 8.45. The standard InChI is InChI=1S/C26H32F5NO4S/c1-15(2)23-21-22(20-18(32(23)34)13-25(3,4)14-19(20)33)26(9-11-35-12-10-26)36-24(21)16-5-7-17(8-6-16)37(27,28,29,30)31/h5-8,15,19,24,33H,9-14H2,1-4H3/p+1/t19-,24+/m0/s1. The normalized spacial score (nSPS) is 26.5. The van der Waals surface area contributed by atoms with Gasteiger partial charge in [0.15, 0.2) is 6.10 Å². The number of fused-ring (bicyclic) bond motifs is 4. The molecule has 206 valence electrons. The molecule has 2 aromatic rings. The monoisotopic (exact) mass is 550 g/mol. The van der Waals surface area contributed by atoms with Crippen molar-refractivity contribution in [3.8, 4) is 0 Å².